The highest BCUT2D eigenvalue weighted by atomic mass is 32.2. The second-order valence-corrected chi connectivity index (χ2v) is 8.64. The van der Waals surface area contributed by atoms with Crippen LogP contribution in [0.5, 0.6) is 0 Å². The maximum atomic E-state index is 12.1. The molecule has 0 aliphatic carbocycles. The molecule has 0 spiro atoms. The van der Waals surface area contributed by atoms with Gasteiger partial charge in [-0.2, -0.15) is 5.10 Å². The first-order chi connectivity index (χ1) is 12.3. The van der Waals surface area contributed by atoms with E-state index >= 15 is 0 Å². The zero-order chi connectivity index (χ0) is 18.7. The zero-order valence-corrected chi connectivity index (χ0v) is 15.1. The smallest absolute Gasteiger partial charge is 0.269 e. The van der Waals surface area contributed by atoms with Gasteiger partial charge in [0.25, 0.3) is 5.91 Å². The number of aromatic nitrogens is 2. The molecule has 1 fully saturated rings. The van der Waals surface area contributed by atoms with Crippen LogP contribution in [-0.4, -0.2) is 41.5 Å². The highest BCUT2D eigenvalue weighted by molar-refractivity contribution is 7.91. The molecule has 0 bridgehead atoms. The van der Waals surface area contributed by atoms with E-state index < -0.39 is 21.7 Å². The molecule has 2 aromatic rings. The van der Waals surface area contributed by atoms with Gasteiger partial charge in [-0.3, -0.25) is 20.4 Å². The van der Waals surface area contributed by atoms with Crippen LogP contribution in [0.4, 0.5) is 0 Å². The summed E-state index contributed by atoms with van der Waals surface area (Å²) in [6.07, 6.45) is 2.26. The second-order valence-electron chi connectivity index (χ2n) is 6.41. The predicted octanol–water partition coefficient (Wildman–Crippen LogP) is 0.767. The molecule has 1 aliphatic rings. The predicted molar refractivity (Wildman–Crippen MR) is 95.3 cm³/mol. The highest BCUT2D eigenvalue weighted by Crippen LogP contribution is 2.21. The number of nitrogens with zero attached hydrogens (tertiary/aromatic N) is 2. The van der Waals surface area contributed by atoms with Crippen LogP contribution in [0.1, 0.15) is 28.9 Å². The van der Waals surface area contributed by atoms with E-state index in [4.69, 9.17) is 0 Å². The Labute approximate surface area is 151 Å². The molecule has 26 heavy (non-hydrogen) atoms. The summed E-state index contributed by atoms with van der Waals surface area (Å²) in [4.78, 5) is 24.0. The average molecular weight is 376 g/mol. The number of carbonyl (C=O) groups excluding carboxylic acids is 2. The van der Waals surface area contributed by atoms with Crippen molar-refractivity contribution >= 4 is 21.7 Å². The largest absolute Gasteiger partial charge is 0.273 e. The van der Waals surface area contributed by atoms with Crippen LogP contribution in [0.15, 0.2) is 36.5 Å². The Morgan fingerprint density at radius 2 is 1.92 bits per heavy atom. The van der Waals surface area contributed by atoms with Gasteiger partial charge in [-0.15, -0.1) is 0 Å². The van der Waals surface area contributed by atoms with Crippen molar-refractivity contribution in [3.8, 4) is 5.69 Å². The quantitative estimate of drug-likeness (QED) is 0.766. The molecule has 0 saturated carbocycles. The Kier molecular flexibility index (Phi) is 5.08. The molecule has 2 heterocycles. The number of hydrogen-bond donors (Lipinski definition) is 2. The molecule has 1 atom stereocenters. The molecule has 1 aromatic heterocycles. The number of sulfone groups is 1. The fraction of sp³-hybridized carbons (Fsp3) is 0.353. The number of aryl methyl sites for hydroxylation is 1. The summed E-state index contributed by atoms with van der Waals surface area (Å²) in [5, 5.41) is 4.20. The van der Waals surface area contributed by atoms with E-state index in [2.05, 4.69) is 16.0 Å². The number of rotatable bonds is 4. The fourth-order valence-corrected chi connectivity index (χ4v) is 4.80. The third-order valence-corrected chi connectivity index (χ3v) is 6.16. The monoisotopic (exact) mass is 376 g/mol. The summed E-state index contributed by atoms with van der Waals surface area (Å²) in [6.45, 7) is 1.93. The molecular weight excluding hydrogens is 356 g/mol. The minimum absolute atomic E-state index is 0.0304. The van der Waals surface area contributed by atoms with Gasteiger partial charge in [0.15, 0.2) is 9.84 Å². The van der Waals surface area contributed by atoms with Crippen molar-refractivity contribution in [2.45, 2.75) is 19.8 Å². The van der Waals surface area contributed by atoms with Crippen molar-refractivity contribution in [1.82, 2.24) is 20.6 Å². The van der Waals surface area contributed by atoms with Crippen molar-refractivity contribution in [1.29, 1.82) is 0 Å². The van der Waals surface area contributed by atoms with Crippen molar-refractivity contribution < 1.29 is 18.0 Å². The van der Waals surface area contributed by atoms with E-state index in [1.165, 1.54) is 0 Å². The summed E-state index contributed by atoms with van der Waals surface area (Å²) < 4.78 is 24.5. The van der Waals surface area contributed by atoms with Gasteiger partial charge < -0.3 is 0 Å². The zero-order valence-electron chi connectivity index (χ0n) is 14.3. The van der Waals surface area contributed by atoms with Crippen LogP contribution in [0.25, 0.3) is 5.69 Å². The molecule has 8 nitrogen and oxygen atoms in total. The van der Waals surface area contributed by atoms with E-state index in [1.54, 1.807) is 35.1 Å². The first-order valence-corrected chi connectivity index (χ1v) is 10.1. The summed E-state index contributed by atoms with van der Waals surface area (Å²) in [5.74, 6) is -0.874. The third kappa shape index (κ3) is 4.29. The van der Waals surface area contributed by atoms with Crippen LogP contribution >= 0.6 is 0 Å². The molecule has 138 valence electrons. The number of nitrogens with one attached hydrogen (secondary N) is 2. The Bertz CT molecular complexity index is 918. The van der Waals surface area contributed by atoms with E-state index in [0.29, 0.717) is 12.0 Å². The van der Waals surface area contributed by atoms with Crippen molar-refractivity contribution in [3.05, 3.63) is 47.8 Å². The molecule has 9 heteroatoms. The number of hydrazine groups is 1. The minimum Gasteiger partial charge on any atom is -0.273 e. The van der Waals surface area contributed by atoms with Crippen LogP contribution < -0.4 is 10.9 Å². The summed E-state index contributed by atoms with van der Waals surface area (Å²) in [5.41, 5.74) is 6.88. The Hall–Kier alpha value is -2.68. The molecule has 0 radical (unpaired) electrons. The molecule has 2 amide bonds. The van der Waals surface area contributed by atoms with Gasteiger partial charge in [0.2, 0.25) is 5.91 Å². The average Bonchev–Trinajstić information content (AvgIpc) is 3.18. The van der Waals surface area contributed by atoms with Crippen molar-refractivity contribution in [2.75, 3.05) is 11.5 Å². The van der Waals surface area contributed by atoms with Crippen LogP contribution in [-0.2, 0) is 14.6 Å². The summed E-state index contributed by atoms with van der Waals surface area (Å²) >= 11 is 0. The van der Waals surface area contributed by atoms with Gasteiger partial charge in [0.1, 0.15) is 0 Å². The molecular formula is C17H20N4O4S. The topological polar surface area (TPSA) is 110 Å². The first kappa shape index (κ1) is 18.1. The maximum absolute atomic E-state index is 12.1. The molecule has 1 saturated heterocycles. The molecule has 3 rings (SSSR count). The fourth-order valence-electron chi connectivity index (χ4n) is 2.94. The summed E-state index contributed by atoms with van der Waals surface area (Å²) in [7, 11) is -3.02. The van der Waals surface area contributed by atoms with Gasteiger partial charge >= 0.3 is 0 Å². The highest BCUT2D eigenvalue weighted by Gasteiger charge is 2.29. The summed E-state index contributed by atoms with van der Waals surface area (Å²) in [6, 6.07) is 8.69. The minimum atomic E-state index is -3.02. The van der Waals surface area contributed by atoms with Crippen molar-refractivity contribution in [2.24, 2.45) is 5.92 Å². The lowest BCUT2D eigenvalue weighted by molar-refractivity contribution is -0.122. The number of hydrogen-bond acceptors (Lipinski definition) is 5. The van der Waals surface area contributed by atoms with Crippen LogP contribution in [0.3, 0.4) is 0 Å². The van der Waals surface area contributed by atoms with Crippen LogP contribution in [0, 0.1) is 12.8 Å². The number of amides is 2. The lowest BCUT2D eigenvalue weighted by atomic mass is 10.1. The SMILES string of the molecule is Cc1ccnn1-c1ccc(C(=O)NNC(=O)C[C@H]2CCS(=O)(=O)C2)cc1. The first-order valence-electron chi connectivity index (χ1n) is 8.25. The van der Waals surface area contributed by atoms with Gasteiger partial charge in [-0.05, 0) is 49.6 Å². The van der Waals surface area contributed by atoms with E-state index in [-0.39, 0.29) is 23.8 Å². The van der Waals surface area contributed by atoms with Crippen LogP contribution in [0.2, 0.25) is 0 Å². The molecule has 1 aliphatic heterocycles. The van der Waals surface area contributed by atoms with E-state index in [9.17, 15) is 18.0 Å². The van der Waals surface area contributed by atoms with E-state index in [1.807, 2.05) is 13.0 Å². The van der Waals surface area contributed by atoms with E-state index in [0.717, 1.165) is 11.4 Å². The Morgan fingerprint density at radius 1 is 1.19 bits per heavy atom. The van der Waals surface area contributed by atoms with Gasteiger partial charge in [-0.25, -0.2) is 13.1 Å². The van der Waals surface area contributed by atoms with Gasteiger partial charge in [0.05, 0.1) is 17.2 Å². The van der Waals surface area contributed by atoms with Gasteiger partial charge in [0, 0.05) is 23.9 Å². The van der Waals surface area contributed by atoms with Gasteiger partial charge in [-0.1, -0.05) is 0 Å². The Morgan fingerprint density at radius 3 is 2.50 bits per heavy atom. The lowest BCUT2D eigenvalue weighted by Crippen LogP contribution is -2.42. The molecule has 1 aromatic carbocycles. The number of benzene rings is 1. The standard InChI is InChI=1S/C17H20N4O4S/c1-12-6-8-18-21(12)15-4-2-14(3-5-15)17(23)20-19-16(22)10-13-7-9-26(24,25)11-13/h2-6,8,13H,7,9-11H2,1H3,(H,19,22)(H,20,23)/t13-/m1/s1. The number of carbonyl (C=O) groups is 2. The third-order valence-electron chi connectivity index (χ3n) is 4.32. The second kappa shape index (κ2) is 7.28. The normalized spacial score (nSPS) is 18.4. The molecule has 2 N–H and O–H groups in total. The molecule has 0 unspecified atom stereocenters. The lowest BCUT2D eigenvalue weighted by Gasteiger charge is -2.10. The Balaban J connectivity index is 1.52. The van der Waals surface area contributed by atoms with Crippen molar-refractivity contribution in [3.63, 3.8) is 0 Å². The maximum Gasteiger partial charge on any atom is 0.269 e.